The summed E-state index contributed by atoms with van der Waals surface area (Å²) < 4.78 is 12.0. The van der Waals surface area contributed by atoms with Crippen LogP contribution in [0, 0.1) is 0 Å². The van der Waals surface area contributed by atoms with E-state index in [2.05, 4.69) is 11.7 Å². The first-order valence-corrected chi connectivity index (χ1v) is 6.84. The van der Waals surface area contributed by atoms with E-state index in [0.717, 1.165) is 17.7 Å². The summed E-state index contributed by atoms with van der Waals surface area (Å²) in [5.74, 6) is 0. The van der Waals surface area contributed by atoms with Crippen molar-refractivity contribution in [2.75, 3.05) is 14.1 Å². The van der Waals surface area contributed by atoms with Crippen LogP contribution in [0.5, 0.6) is 0 Å². The molecule has 0 aromatic heterocycles. The first kappa shape index (κ1) is 14.8. The van der Waals surface area contributed by atoms with Crippen LogP contribution in [0.4, 0.5) is 0 Å². The second-order valence-corrected chi connectivity index (χ2v) is 5.04. The van der Waals surface area contributed by atoms with Gasteiger partial charge in [0, 0.05) is 19.7 Å². The smallest absolute Gasteiger partial charge is 0.185 e. The molecule has 0 amide bonds. The number of hydrogen-bond acceptors (Lipinski definition) is 4. The van der Waals surface area contributed by atoms with E-state index in [-0.39, 0.29) is 18.5 Å². The molecule has 4 heteroatoms. The SMILES string of the molecule is C=CC[C@@H]1O[C@@H](c2ccccc2)O[C@@H](C)/C1=N/N(C)C. The highest BCUT2D eigenvalue weighted by molar-refractivity contribution is 5.93. The molecule has 4 nitrogen and oxygen atoms in total. The minimum absolute atomic E-state index is 0.0821. The van der Waals surface area contributed by atoms with E-state index in [1.165, 1.54) is 0 Å². The van der Waals surface area contributed by atoms with Crippen LogP contribution in [-0.2, 0) is 9.47 Å². The van der Waals surface area contributed by atoms with Gasteiger partial charge in [0.1, 0.15) is 12.2 Å². The highest BCUT2D eigenvalue weighted by atomic mass is 16.7. The first-order chi connectivity index (χ1) is 9.61. The number of benzene rings is 1. The average Bonchev–Trinajstić information content (AvgIpc) is 2.43. The van der Waals surface area contributed by atoms with Gasteiger partial charge in [-0.1, -0.05) is 36.4 Å². The Hall–Kier alpha value is -1.65. The van der Waals surface area contributed by atoms with Crippen molar-refractivity contribution in [3.63, 3.8) is 0 Å². The molecule has 0 N–H and O–H groups in total. The summed E-state index contributed by atoms with van der Waals surface area (Å²) in [5, 5.41) is 6.27. The molecule has 2 rings (SSSR count). The van der Waals surface area contributed by atoms with Crippen molar-refractivity contribution in [3.8, 4) is 0 Å². The van der Waals surface area contributed by atoms with Gasteiger partial charge in [-0.3, -0.25) is 0 Å². The van der Waals surface area contributed by atoms with Crippen molar-refractivity contribution in [1.82, 2.24) is 5.01 Å². The summed E-state index contributed by atoms with van der Waals surface area (Å²) >= 11 is 0. The van der Waals surface area contributed by atoms with Crippen LogP contribution in [0.15, 0.2) is 48.1 Å². The Morgan fingerprint density at radius 2 is 1.95 bits per heavy atom. The Kier molecular flexibility index (Phi) is 4.93. The van der Waals surface area contributed by atoms with Gasteiger partial charge < -0.3 is 14.5 Å². The third-order valence-electron chi connectivity index (χ3n) is 3.13. The van der Waals surface area contributed by atoms with Crippen LogP contribution in [-0.4, -0.2) is 37.0 Å². The van der Waals surface area contributed by atoms with Crippen molar-refractivity contribution >= 4 is 5.71 Å². The van der Waals surface area contributed by atoms with Gasteiger partial charge in [-0.05, 0) is 13.3 Å². The molecule has 0 aliphatic carbocycles. The molecule has 1 aliphatic rings. The summed E-state index contributed by atoms with van der Waals surface area (Å²) in [5.41, 5.74) is 1.93. The fourth-order valence-electron chi connectivity index (χ4n) is 2.24. The number of ether oxygens (including phenoxy) is 2. The molecule has 0 unspecified atom stereocenters. The fourth-order valence-corrected chi connectivity index (χ4v) is 2.24. The molecule has 1 fully saturated rings. The van der Waals surface area contributed by atoms with Gasteiger partial charge in [-0.2, -0.15) is 5.10 Å². The quantitative estimate of drug-likeness (QED) is 0.625. The van der Waals surface area contributed by atoms with E-state index in [0.29, 0.717) is 0 Å². The summed E-state index contributed by atoms with van der Waals surface area (Å²) in [4.78, 5) is 0. The van der Waals surface area contributed by atoms with Crippen molar-refractivity contribution in [2.24, 2.45) is 5.10 Å². The highest BCUT2D eigenvalue weighted by Crippen LogP contribution is 2.30. The molecule has 1 aromatic carbocycles. The lowest BCUT2D eigenvalue weighted by molar-refractivity contribution is -0.193. The molecule has 108 valence electrons. The maximum absolute atomic E-state index is 6.05. The van der Waals surface area contributed by atoms with Crippen molar-refractivity contribution in [1.29, 1.82) is 0 Å². The maximum atomic E-state index is 6.05. The molecule has 0 bridgehead atoms. The Balaban J connectivity index is 2.22. The maximum Gasteiger partial charge on any atom is 0.185 e. The first-order valence-electron chi connectivity index (χ1n) is 6.84. The van der Waals surface area contributed by atoms with E-state index < -0.39 is 0 Å². The fraction of sp³-hybridized carbons (Fsp3) is 0.438. The second-order valence-electron chi connectivity index (χ2n) is 5.04. The van der Waals surface area contributed by atoms with E-state index >= 15 is 0 Å². The monoisotopic (exact) mass is 274 g/mol. The lowest BCUT2D eigenvalue weighted by Crippen LogP contribution is -2.43. The largest absolute Gasteiger partial charge is 0.339 e. The van der Waals surface area contributed by atoms with E-state index in [1.807, 2.05) is 57.4 Å². The predicted molar refractivity (Wildman–Crippen MR) is 80.5 cm³/mol. The van der Waals surface area contributed by atoms with Gasteiger partial charge in [0.25, 0.3) is 0 Å². The van der Waals surface area contributed by atoms with E-state index in [4.69, 9.17) is 9.47 Å². The molecule has 1 saturated heterocycles. The molecule has 0 spiro atoms. The molecule has 1 aromatic rings. The Morgan fingerprint density at radius 3 is 2.55 bits per heavy atom. The van der Waals surface area contributed by atoms with Crippen LogP contribution in [0.2, 0.25) is 0 Å². The van der Waals surface area contributed by atoms with E-state index in [1.54, 1.807) is 5.01 Å². The van der Waals surface area contributed by atoms with Gasteiger partial charge in [0.2, 0.25) is 0 Å². The summed E-state index contributed by atoms with van der Waals surface area (Å²) in [7, 11) is 3.79. The van der Waals surface area contributed by atoms with E-state index in [9.17, 15) is 0 Å². The lowest BCUT2D eigenvalue weighted by atomic mass is 10.0. The topological polar surface area (TPSA) is 34.1 Å². The molecule has 1 heterocycles. The third-order valence-corrected chi connectivity index (χ3v) is 3.13. The zero-order chi connectivity index (χ0) is 14.5. The minimum atomic E-state index is -0.350. The Bertz CT molecular complexity index is 471. The highest BCUT2D eigenvalue weighted by Gasteiger charge is 2.34. The number of nitrogens with zero attached hydrogens (tertiary/aromatic N) is 2. The van der Waals surface area contributed by atoms with Crippen LogP contribution >= 0.6 is 0 Å². The molecular formula is C16H22N2O2. The minimum Gasteiger partial charge on any atom is -0.339 e. The van der Waals surface area contributed by atoms with Crippen LogP contribution in [0.3, 0.4) is 0 Å². The van der Waals surface area contributed by atoms with Crippen molar-refractivity contribution in [2.45, 2.75) is 31.8 Å². The van der Waals surface area contributed by atoms with Gasteiger partial charge in [0.15, 0.2) is 6.29 Å². The Morgan fingerprint density at radius 1 is 1.25 bits per heavy atom. The van der Waals surface area contributed by atoms with Crippen LogP contribution < -0.4 is 0 Å². The van der Waals surface area contributed by atoms with Crippen molar-refractivity contribution < 1.29 is 9.47 Å². The molecule has 0 saturated carbocycles. The second kappa shape index (κ2) is 6.68. The molecule has 20 heavy (non-hydrogen) atoms. The van der Waals surface area contributed by atoms with Gasteiger partial charge in [-0.15, -0.1) is 6.58 Å². The Labute approximate surface area is 120 Å². The summed E-state index contributed by atoms with van der Waals surface area (Å²) in [6.07, 6.45) is 2.06. The predicted octanol–water partition coefficient (Wildman–Crippen LogP) is 2.98. The molecule has 3 atom stereocenters. The zero-order valence-corrected chi connectivity index (χ0v) is 12.3. The standard InChI is InChI=1S/C16H22N2O2/c1-5-9-14-15(17-18(3)4)12(2)19-16(20-14)13-10-7-6-8-11-13/h5-8,10-12,14,16H,1,9H2,2-4H3/b17-15-/t12-,14-,16-/m0/s1. The average molecular weight is 274 g/mol. The third kappa shape index (κ3) is 3.46. The van der Waals surface area contributed by atoms with Gasteiger partial charge >= 0.3 is 0 Å². The number of hydrazone groups is 1. The lowest BCUT2D eigenvalue weighted by Gasteiger charge is -2.35. The van der Waals surface area contributed by atoms with Crippen LogP contribution in [0.25, 0.3) is 0 Å². The normalized spacial score (nSPS) is 28.4. The van der Waals surface area contributed by atoms with Crippen LogP contribution in [0.1, 0.15) is 25.2 Å². The molecule has 1 aliphatic heterocycles. The molecular weight excluding hydrogens is 252 g/mol. The summed E-state index contributed by atoms with van der Waals surface area (Å²) in [6.45, 7) is 5.81. The zero-order valence-electron chi connectivity index (χ0n) is 12.3. The number of hydrogen-bond donors (Lipinski definition) is 0. The molecule has 0 radical (unpaired) electrons. The van der Waals surface area contributed by atoms with Gasteiger partial charge in [0.05, 0.1) is 5.71 Å². The van der Waals surface area contributed by atoms with Crippen molar-refractivity contribution in [3.05, 3.63) is 48.6 Å². The number of rotatable bonds is 4. The summed E-state index contributed by atoms with van der Waals surface area (Å²) in [6, 6.07) is 9.97. The van der Waals surface area contributed by atoms with Gasteiger partial charge in [-0.25, -0.2) is 0 Å².